The van der Waals surface area contributed by atoms with Gasteiger partial charge in [-0.25, -0.2) is 4.98 Å². The van der Waals surface area contributed by atoms with Crippen LogP contribution >= 0.6 is 22.9 Å². The lowest BCUT2D eigenvalue weighted by atomic mass is 10.2. The highest BCUT2D eigenvalue weighted by molar-refractivity contribution is 7.11. The fourth-order valence-corrected chi connectivity index (χ4v) is 2.87. The predicted octanol–water partition coefficient (Wildman–Crippen LogP) is 5.03. The van der Waals surface area contributed by atoms with Crippen LogP contribution in [0.15, 0.2) is 46.2 Å². The first kappa shape index (κ1) is 15.9. The van der Waals surface area contributed by atoms with Crippen LogP contribution in [0.2, 0.25) is 5.02 Å². The summed E-state index contributed by atoms with van der Waals surface area (Å²) in [5.41, 5.74) is 1.87. The number of thiazole rings is 1. The fourth-order valence-electron chi connectivity index (χ4n) is 1.95. The van der Waals surface area contributed by atoms with E-state index < -0.39 is 4.92 Å². The van der Waals surface area contributed by atoms with Gasteiger partial charge in [0.05, 0.1) is 17.3 Å². The average molecular weight is 358 g/mol. The van der Waals surface area contributed by atoms with E-state index in [4.69, 9.17) is 16.0 Å². The van der Waals surface area contributed by atoms with Crippen molar-refractivity contribution in [2.24, 2.45) is 0 Å². The van der Waals surface area contributed by atoms with Crippen molar-refractivity contribution in [2.45, 2.75) is 0 Å². The van der Waals surface area contributed by atoms with Crippen LogP contribution < -0.4 is 0 Å². The second-order valence-electron chi connectivity index (χ2n) is 4.65. The summed E-state index contributed by atoms with van der Waals surface area (Å²) in [7, 11) is 0. The third-order valence-corrected chi connectivity index (χ3v) is 4.20. The molecule has 0 unspecified atom stereocenters. The molecule has 6 nitrogen and oxygen atoms in total. The summed E-state index contributed by atoms with van der Waals surface area (Å²) in [5, 5.41) is 22.9. The summed E-state index contributed by atoms with van der Waals surface area (Å²) in [6, 6.07) is 11.9. The zero-order valence-electron chi connectivity index (χ0n) is 12.0. The van der Waals surface area contributed by atoms with Gasteiger partial charge in [-0.15, -0.1) is 11.3 Å². The van der Waals surface area contributed by atoms with Crippen molar-refractivity contribution in [3.63, 3.8) is 0 Å². The first-order valence-electron chi connectivity index (χ1n) is 6.64. The Hall–Kier alpha value is -2.95. The van der Waals surface area contributed by atoms with Crippen molar-refractivity contribution in [1.82, 2.24) is 4.98 Å². The lowest BCUT2D eigenvalue weighted by Crippen LogP contribution is -1.83. The van der Waals surface area contributed by atoms with Crippen LogP contribution in [-0.2, 0) is 0 Å². The first-order valence-corrected chi connectivity index (χ1v) is 7.90. The second-order valence-corrected chi connectivity index (χ2v) is 5.94. The van der Waals surface area contributed by atoms with Gasteiger partial charge in [0.2, 0.25) is 0 Å². The van der Waals surface area contributed by atoms with Gasteiger partial charge >= 0.3 is 5.88 Å². The number of hydrogen-bond acceptors (Lipinski definition) is 6. The molecular weight excluding hydrogens is 350 g/mol. The Balaban J connectivity index is 1.91. The molecule has 3 rings (SSSR count). The highest BCUT2D eigenvalue weighted by Gasteiger charge is 2.13. The molecule has 0 atom stereocenters. The third kappa shape index (κ3) is 3.35. The maximum absolute atomic E-state index is 10.6. The molecule has 0 amide bonds. The molecule has 24 heavy (non-hydrogen) atoms. The van der Waals surface area contributed by atoms with Crippen molar-refractivity contribution < 1.29 is 9.34 Å². The van der Waals surface area contributed by atoms with Gasteiger partial charge in [-0.3, -0.25) is 10.1 Å². The lowest BCUT2D eigenvalue weighted by Gasteiger charge is -1.96. The van der Waals surface area contributed by atoms with Crippen LogP contribution in [0.25, 0.3) is 22.9 Å². The van der Waals surface area contributed by atoms with Gasteiger partial charge in [0.25, 0.3) is 0 Å². The van der Waals surface area contributed by atoms with E-state index in [1.165, 1.54) is 29.5 Å². The summed E-state index contributed by atoms with van der Waals surface area (Å²) < 4.78 is 5.04. The minimum absolute atomic E-state index is 0.224. The maximum Gasteiger partial charge on any atom is 0.433 e. The van der Waals surface area contributed by atoms with E-state index in [1.54, 1.807) is 12.1 Å². The zero-order valence-corrected chi connectivity index (χ0v) is 13.5. The molecule has 0 saturated carbocycles. The molecular formula is C16H8ClN3O3S. The van der Waals surface area contributed by atoms with Crippen LogP contribution in [0.4, 0.5) is 5.88 Å². The SMILES string of the molecule is N#C/C(=C\c1ccc([N+](=O)[O-])o1)c1nc(-c2ccc(Cl)cc2)cs1. The molecule has 118 valence electrons. The Morgan fingerprint density at radius 3 is 2.71 bits per heavy atom. The minimum Gasteiger partial charge on any atom is -0.401 e. The number of hydrogen-bond donors (Lipinski definition) is 0. The number of nitro groups is 1. The molecule has 0 N–H and O–H groups in total. The Bertz CT molecular complexity index is 967. The molecule has 2 heterocycles. The molecule has 3 aromatic rings. The van der Waals surface area contributed by atoms with Gasteiger partial charge in [-0.05, 0) is 18.2 Å². The summed E-state index contributed by atoms with van der Waals surface area (Å²) >= 11 is 7.17. The molecule has 1 aromatic carbocycles. The monoisotopic (exact) mass is 357 g/mol. The Morgan fingerprint density at radius 2 is 2.08 bits per heavy atom. The highest BCUT2D eigenvalue weighted by Crippen LogP contribution is 2.28. The summed E-state index contributed by atoms with van der Waals surface area (Å²) in [4.78, 5) is 14.4. The predicted molar refractivity (Wildman–Crippen MR) is 91.4 cm³/mol. The number of halogens is 1. The lowest BCUT2D eigenvalue weighted by molar-refractivity contribution is -0.402. The Morgan fingerprint density at radius 1 is 1.33 bits per heavy atom. The van der Waals surface area contributed by atoms with E-state index in [1.807, 2.05) is 23.6 Å². The number of aromatic nitrogens is 1. The molecule has 0 aliphatic carbocycles. The molecule has 0 fully saturated rings. The fraction of sp³-hybridized carbons (Fsp3) is 0. The minimum atomic E-state index is -0.634. The van der Waals surface area contributed by atoms with Crippen LogP contribution in [-0.4, -0.2) is 9.91 Å². The van der Waals surface area contributed by atoms with E-state index in [-0.39, 0.29) is 17.2 Å². The van der Waals surface area contributed by atoms with Crippen molar-refractivity contribution in [3.8, 4) is 17.3 Å². The van der Waals surface area contributed by atoms with Crippen LogP contribution in [0.3, 0.4) is 0 Å². The number of rotatable bonds is 4. The molecule has 0 aliphatic rings. The number of benzene rings is 1. The van der Waals surface area contributed by atoms with Crippen molar-refractivity contribution in [1.29, 1.82) is 5.26 Å². The molecule has 8 heteroatoms. The number of nitrogens with zero attached hydrogens (tertiary/aromatic N) is 3. The molecule has 0 saturated heterocycles. The third-order valence-electron chi connectivity index (χ3n) is 3.07. The van der Waals surface area contributed by atoms with Gasteiger partial charge in [0, 0.05) is 22.0 Å². The van der Waals surface area contributed by atoms with Gasteiger partial charge in [0.1, 0.15) is 21.8 Å². The van der Waals surface area contributed by atoms with Gasteiger partial charge in [-0.1, -0.05) is 23.7 Å². The van der Waals surface area contributed by atoms with Crippen molar-refractivity contribution >= 4 is 40.5 Å². The first-order chi connectivity index (χ1) is 11.6. The van der Waals surface area contributed by atoms with Gasteiger partial charge in [0.15, 0.2) is 0 Å². The van der Waals surface area contributed by atoms with Crippen LogP contribution in [0.1, 0.15) is 10.8 Å². The van der Waals surface area contributed by atoms with Gasteiger partial charge < -0.3 is 4.42 Å². The van der Waals surface area contributed by atoms with Gasteiger partial charge in [-0.2, -0.15) is 5.26 Å². The zero-order chi connectivity index (χ0) is 17.1. The van der Waals surface area contributed by atoms with E-state index in [0.717, 1.165) is 11.3 Å². The largest absolute Gasteiger partial charge is 0.433 e. The summed E-state index contributed by atoms with van der Waals surface area (Å²) in [5.74, 6) is -0.152. The Kier molecular flexibility index (Phi) is 4.42. The van der Waals surface area contributed by atoms with Crippen molar-refractivity contribution in [3.05, 3.63) is 67.7 Å². The maximum atomic E-state index is 10.6. The number of allylic oxidation sites excluding steroid dienone is 1. The van der Waals surface area contributed by atoms with Crippen molar-refractivity contribution in [2.75, 3.05) is 0 Å². The van der Waals surface area contributed by atoms with E-state index in [9.17, 15) is 15.4 Å². The highest BCUT2D eigenvalue weighted by atomic mass is 35.5. The smallest absolute Gasteiger partial charge is 0.401 e. The Labute approximate surface area is 145 Å². The van der Waals surface area contributed by atoms with Crippen LogP contribution in [0.5, 0.6) is 0 Å². The topological polar surface area (TPSA) is 93.0 Å². The normalized spacial score (nSPS) is 11.2. The van der Waals surface area contributed by atoms with E-state index >= 15 is 0 Å². The molecule has 0 bridgehead atoms. The molecule has 0 aliphatic heterocycles. The van der Waals surface area contributed by atoms with Crippen LogP contribution in [0, 0.1) is 21.4 Å². The quantitative estimate of drug-likeness (QED) is 0.371. The molecule has 2 aromatic heterocycles. The summed E-state index contributed by atoms with van der Waals surface area (Å²) in [6.45, 7) is 0. The van der Waals surface area contributed by atoms with E-state index in [0.29, 0.717) is 10.0 Å². The average Bonchev–Trinajstić information content (AvgIpc) is 3.23. The molecule has 0 spiro atoms. The number of furan rings is 1. The molecule has 0 radical (unpaired) electrons. The summed E-state index contributed by atoms with van der Waals surface area (Å²) in [6.07, 6.45) is 1.43. The number of nitriles is 1. The second kappa shape index (κ2) is 6.66. The van der Waals surface area contributed by atoms with E-state index in [2.05, 4.69) is 4.98 Å². The standard InChI is InChI=1S/C16H8ClN3O3S/c17-12-3-1-10(2-4-12)14-9-24-16(19-14)11(8-18)7-13-5-6-15(23-13)20(21)22/h1-7,9H/b11-7+.